The molecule has 0 spiro atoms. The lowest BCUT2D eigenvalue weighted by atomic mass is 10.0. The van der Waals surface area contributed by atoms with Gasteiger partial charge < -0.3 is 19.5 Å². The van der Waals surface area contributed by atoms with Crippen molar-refractivity contribution in [1.29, 1.82) is 0 Å². The van der Waals surface area contributed by atoms with Crippen molar-refractivity contribution >= 4 is 18.0 Å². The zero-order chi connectivity index (χ0) is 22.8. The molecule has 1 atom stereocenters. The van der Waals surface area contributed by atoms with Crippen LogP contribution < -0.4 is 25.0 Å². The van der Waals surface area contributed by atoms with E-state index >= 15 is 0 Å². The first kappa shape index (κ1) is 23.7. The Morgan fingerprint density at radius 3 is 2.32 bits per heavy atom. The van der Waals surface area contributed by atoms with Crippen molar-refractivity contribution in [2.24, 2.45) is 11.0 Å². The number of carbonyl (C=O) groups excluding carboxylic acids is 2. The van der Waals surface area contributed by atoms with Crippen molar-refractivity contribution in [2.45, 2.75) is 26.8 Å². The Balaban J connectivity index is 2.02. The summed E-state index contributed by atoms with van der Waals surface area (Å²) >= 11 is 0. The minimum Gasteiger partial charge on any atom is -0.497 e. The number of amides is 2. The van der Waals surface area contributed by atoms with Crippen molar-refractivity contribution in [1.82, 2.24) is 10.7 Å². The van der Waals surface area contributed by atoms with Crippen molar-refractivity contribution in [3.63, 3.8) is 0 Å². The molecule has 2 N–H and O–H groups in total. The number of benzene rings is 2. The van der Waals surface area contributed by atoms with Crippen LogP contribution in [-0.2, 0) is 4.79 Å². The fourth-order valence-corrected chi connectivity index (χ4v) is 2.78. The summed E-state index contributed by atoms with van der Waals surface area (Å²) in [4.78, 5) is 25.1. The minimum absolute atomic E-state index is 0.136. The highest BCUT2D eigenvalue weighted by molar-refractivity contribution is 5.97. The molecule has 31 heavy (non-hydrogen) atoms. The highest BCUT2D eigenvalue weighted by Crippen LogP contribution is 2.27. The number of hydrogen-bond acceptors (Lipinski definition) is 6. The first-order valence-electron chi connectivity index (χ1n) is 9.98. The van der Waals surface area contributed by atoms with E-state index < -0.39 is 11.9 Å². The van der Waals surface area contributed by atoms with Gasteiger partial charge in [0.25, 0.3) is 11.8 Å². The maximum Gasteiger partial charge on any atom is 0.262 e. The summed E-state index contributed by atoms with van der Waals surface area (Å²) < 4.78 is 15.9. The fraction of sp³-hybridized carbons (Fsp3) is 0.348. The van der Waals surface area contributed by atoms with Crippen LogP contribution in [0, 0.1) is 5.92 Å². The standard InChI is InChI=1S/C23H29N3O5/c1-6-31-19-12-7-16(13-20(19)30-5)14-24-26-23(28)21(15(2)3)25-22(27)17-8-10-18(29-4)11-9-17/h7-15,21H,6H2,1-5H3,(H,25,27)(H,26,28). The predicted molar refractivity (Wildman–Crippen MR) is 119 cm³/mol. The molecular formula is C23H29N3O5. The maximum atomic E-state index is 12.6. The van der Waals surface area contributed by atoms with Crippen LogP contribution in [-0.4, -0.2) is 44.9 Å². The highest BCUT2D eigenvalue weighted by atomic mass is 16.5. The Morgan fingerprint density at radius 1 is 1.03 bits per heavy atom. The highest BCUT2D eigenvalue weighted by Gasteiger charge is 2.24. The number of rotatable bonds is 10. The van der Waals surface area contributed by atoms with Gasteiger partial charge in [0.2, 0.25) is 0 Å². The summed E-state index contributed by atoms with van der Waals surface area (Å²) in [6, 6.07) is 11.2. The topological polar surface area (TPSA) is 98.2 Å². The maximum absolute atomic E-state index is 12.6. The molecule has 0 fully saturated rings. The lowest BCUT2D eigenvalue weighted by molar-refractivity contribution is -0.123. The van der Waals surface area contributed by atoms with Crippen LogP contribution in [0.2, 0.25) is 0 Å². The van der Waals surface area contributed by atoms with Crippen molar-refractivity contribution < 1.29 is 23.8 Å². The van der Waals surface area contributed by atoms with Gasteiger partial charge in [0, 0.05) is 5.56 Å². The van der Waals surface area contributed by atoms with Gasteiger partial charge in [-0.2, -0.15) is 5.10 Å². The summed E-state index contributed by atoms with van der Waals surface area (Å²) in [6.07, 6.45) is 1.50. The second kappa shape index (κ2) is 11.6. The first-order valence-corrected chi connectivity index (χ1v) is 9.98. The molecule has 0 bridgehead atoms. The zero-order valence-corrected chi connectivity index (χ0v) is 18.5. The number of methoxy groups -OCH3 is 2. The van der Waals surface area contributed by atoms with Gasteiger partial charge in [-0.15, -0.1) is 0 Å². The average Bonchev–Trinajstić information content (AvgIpc) is 2.78. The predicted octanol–water partition coefficient (Wildman–Crippen LogP) is 3.01. The quantitative estimate of drug-likeness (QED) is 0.449. The number of nitrogens with one attached hydrogen (secondary N) is 2. The zero-order valence-electron chi connectivity index (χ0n) is 18.5. The van der Waals surface area contributed by atoms with Gasteiger partial charge >= 0.3 is 0 Å². The van der Waals surface area contributed by atoms with Crippen LogP contribution in [0.5, 0.6) is 17.2 Å². The fourth-order valence-electron chi connectivity index (χ4n) is 2.78. The van der Waals surface area contributed by atoms with Gasteiger partial charge in [0.05, 0.1) is 27.0 Å². The van der Waals surface area contributed by atoms with E-state index in [2.05, 4.69) is 15.8 Å². The second-order valence-corrected chi connectivity index (χ2v) is 7.00. The number of nitrogens with zero attached hydrogens (tertiary/aromatic N) is 1. The van der Waals surface area contributed by atoms with Crippen LogP contribution in [0.25, 0.3) is 0 Å². The Morgan fingerprint density at radius 2 is 1.74 bits per heavy atom. The van der Waals surface area contributed by atoms with Gasteiger partial charge in [0.15, 0.2) is 11.5 Å². The van der Waals surface area contributed by atoms with E-state index in [0.717, 1.165) is 5.56 Å². The van der Waals surface area contributed by atoms with Gasteiger partial charge in [-0.1, -0.05) is 13.8 Å². The van der Waals surface area contributed by atoms with Crippen molar-refractivity contribution in [3.8, 4) is 17.2 Å². The normalized spacial score (nSPS) is 11.8. The van der Waals surface area contributed by atoms with E-state index in [4.69, 9.17) is 14.2 Å². The smallest absolute Gasteiger partial charge is 0.262 e. The summed E-state index contributed by atoms with van der Waals surface area (Å²) in [5.41, 5.74) is 3.65. The molecule has 8 nitrogen and oxygen atoms in total. The molecule has 2 amide bonds. The number of hydrogen-bond donors (Lipinski definition) is 2. The van der Waals surface area contributed by atoms with E-state index in [1.807, 2.05) is 20.8 Å². The molecule has 0 aromatic heterocycles. The summed E-state index contributed by atoms with van der Waals surface area (Å²) in [5.74, 6) is 0.955. The van der Waals surface area contributed by atoms with E-state index in [0.29, 0.717) is 29.4 Å². The van der Waals surface area contributed by atoms with E-state index in [-0.39, 0.29) is 11.8 Å². The van der Waals surface area contributed by atoms with Gasteiger partial charge in [0.1, 0.15) is 11.8 Å². The molecule has 2 rings (SSSR count). The third kappa shape index (κ3) is 6.74. The van der Waals surface area contributed by atoms with E-state index in [1.54, 1.807) is 56.7 Å². The molecule has 166 valence electrons. The monoisotopic (exact) mass is 427 g/mol. The lowest BCUT2D eigenvalue weighted by Crippen LogP contribution is -2.48. The number of ether oxygens (including phenoxy) is 3. The Hall–Kier alpha value is -3.55. The van der Waals surface area contributed by atoms with Crippen molar-refractivity contribution in [2.75, 3.05) is 20.8 Å². The summed E-state index contributed by atoms with van der Waals surface area (Å²) in [6.45, 7) is 6.11. The minimum atomic E-state index is -0.749. The molecule has 0 saturated carbocycles. The molecule has 1 unspecified atom stereocenters. The number of hydrazone groups is 1. The van der Waals surface area contributed by atoms with E-state index in [9.17, 15) is 9.59 Å². The number of carbonyl (C=O) groups is 2. The molecule has 0 aliphatic rings. The van der Waals surface area contributed by atoms with Crippen LogP contribution in [0.15, 0.2) is 47.6 Å². The van der Waals surface area contributed by atoms with Gasteiger partial charge in [-0.25, -0.2) is 5.43 Å². The Labute approximate surface area is 182 Å². The molecule has 0 aliphatic carbocycles. The third-order valence-corrected chi connectivity index (χ3v) is 4.46. The molecule has 0 aliphatic heterocycles. The third-order valence-electron chi connectivity index (χ3n) is 4.46. The molecule has 2 aromatic rings. The molecule has 2 aromatic carbocycles. The molecule has 0 heterocycles. The lowest BCUT2D eigenvalue weighted by Gasteiger charge is -2.20. The summed E-state index contributed by atoms with van der Waals surface area (Å²) in [7, 11) is 3.11. The van der Waals surface area contributed by atoms with Crippen LogP contribution in [0.3, 0.4) is 0 Å². The Kier molecular flexibility index (Phi) is 8.87. The molecule has 0 radical (unpaired) electrons. The second-order valence-electron chi connectivity index (χ2n) is 7.00. The molecule has 8 heteroatoms. The van der Waals surface area contributed by atoms with E-state index in [1.165, 1.54) is 6.21 Å². The van der Waals surface area contributed by atoms with Gasteiger partial charge in [-0.3, -0.25) is 9.59 Å². The first-order chi connectivity index (χ1) is 14.9. The summed E-state index contributed by atoms with van der Waals surface area (Å²) in [5, 5.41) is 6.77. The van der Waals surface area contributed by atoms with Crippen LogP contribution in [0.4, 0.5) is 0 Å². The molecule has 0 saturated heterocycles. The average molecular weight is 428 g/mol. The van der Waals surface area contributed by atoms with Gasteiger partial charge in [-0.05, 0) is 60.9 Å². The van der Waals surface area contributed by atoms with Crippen LogP contribution in [0.1, 0.15) is 36.7 Å². The van der Waals surface area contributed by atoms with Crippen LogP contribution >= 0.6 is 0 Å². The molecular weight excluding hydrogens is 398 g/mol. The Bertz CT molecular complexity index is 910. The van der Waals surface area contributed by atoms with Crippen molar-refractivity contribution in [3.05, 3.63) is 53.6 Å². The SMILES string of the molecule is CCOc1ccc(C=NNC(=O)C(NC(=O)c2ccc(OC)cc2)C(C)C)cc1OC. The largest absolute Gasteiger partial charge is 0.497 e.